The fourth-order valence-corrected chi connectivity index (χ4v) is 1.98. The van der Waals surface area contributed by atoms with Crippen molar-refractivity contribution in [1.82, 2.24) is 10.2 Å². The first kappa shape index (κ1) is 17.4. The molecule has 0 saturated carbocycles. The number of phenolic OH excluding ortho intramolecular Hbond substituents is 1. The number of urea groups is 1. The number of nitrogens with one attached hydrogen (secondary N) is 1. The summed E-state index contributed by atoms with van der Waals surface area (Å²) in [6.07, 6.45) is 1.27. The van der Waals surface area contributed by atoms with Crippen molar-refractivity contribution < 1.29 is 34.1 Å². The zero-order chi connectivity index (χ0) is 17.7. The number of ether oxygens (including phenoxy) is 2. The fourth-order valence-electron chi connectivity index (χ4n) is 1.98. The Bertz CT molecular complexity index is 699. The summed E-state index contributed by atoms with van der Waals surface area (Å²) in [6.45, 7) is -0.716. The Balaban J connectivity index is 2.28. The largest absolute Gasteiger partial charge is 0.504 e. The number of nitrogens with zero attached hydrogens (tertiary/aromatic N) is 1. The molecule has 0 radical (unpaired) electrons. The number of rotatable bonds is 6. The van der Waals surface area contributed by atoms with Gasteiger partial charge in [-0.1, -0.05) is 6.07 Å². The first-order valence-electron chi connectivity index (χ1n) is 6.92. The molecule has 1 heterocycles. The number of hydrogen-bond donors (Lipinski definition) is 3. The van der Waals surface area contributed by atoms with Gasteiger partial charge in [-0.05, 0) is 23.8 Å². The number of amides is 4. The lowest BCUT2D eigenvalue weighted by Crippen LogP contribution is -2.54. The molecule has 0 aliphatic carbocycles. The van der Waals surface area contributed by atoms with Crippen molar-refractivity contribution in [1.29, 1.82) is 0 Å². The van der Waals surface area contributed by atoms with Gasteiger partial charge in [-0.15, -0.1) is 0 Å². The van der Waals surface area contributed by atoms with Gasteiger partial charge in [0.1, 0.15) is 12.3 Å². The Morgan fingerprint density at radius 1 is 1.29 bits per heavy atom. The molecule has 2 rings (SSSR count). The van der Waals surface area contributed by atoms with E-state index in [1.807, 2.05) is 5.32 Å². The van der Waals surface area contributed by atoms with Crippen LogP contribution in [0.2, 0.25) is 0 Å². The number of barbiturate groups is 1. The van der Waals surface area contributed by atoms with Gasteiger partial charge < -0.3 is 19.7 Å². The van der Waals surface area contributed by atoms with Crippen molar-refractivity contribution in [2.24, 2.45) is 0 Å². The molecule has 1 fully saturated rings. The van der Waals surface area contributed by atoms with E-state index < -0.39 is 24.6 Å². The van der Waals surface area contributed by atoms with Gasteiger partial charge >= 0.3 is 6.03 Å². The van der Waals surface area contributed by atoms with Gasteiger partial charge in [-0.3, -0.25) is 14.9 Å². The summed E-state index contributed by atoms with van der Waals surface area (Å²) in [5, 5.41) is 20.3. The lowest BCUT2D eigenvalue weighted by atomic mass is 10.1. The Morgan fingerprint density at radius 2 is 2.04 bits per heavy atom. The minimum Gasteiger partial charge on any atom is -0.504 e. The third-order valence-corrected chi connectivity index (χ3v) is 3.16. The van der Waals surface area contributed by atoms with Gasteiger partial charge in [0.05, 0.1) is 20.3 Å². The van der Waals surface area contributed by atoms with E-state index in [-0.39, 0.29) is 30.3 Å². The van der Waals surface area contributed by atoms with Crippen molar-refractivity contribution in [2.75, 3.05) is 27.1 Å². The molecule has 9 nitrogen and oxygen atoms in total. The van der Waals surface area contributed by atoms with E-state index in [1.165, 1.54) is 31.4 Å². The topological polar surface area (TPSA) is 125 Å². The molecule has 4 amide bonds. The smallest absolute Gasteiger partial charge is 0.333 e. The Kier molecular flexibility index (Phi) is 5.51. The molecule has 1 aromatic carbocycles. The predicted octanol–water partition coefficient (Wildman–Crippen LogP) is -0.171. The third kappa shape index (κ3) is 3.70. The number of phenols is 1. The van der Waals surface area contributed by atoms with E-state index in [4.69, 9.17) is 14.6 Å². The Morgan fingerprint density at radius 3 is 2.71 bits per heavy atom. The number of imide groups is 2. The molecule has 9 heteroatoms. The monoisotopic (exact) mass is 336 g/mol. The zero-order valence-electron chi connectivity index (χ0n) is 12.8. The van der Waals surface area contributed by atoms with Gasteiger partial charge in [0.25, 0.3) is 11.8 Å². The molecule has 0 aromatic heterocycles. The van der Waals surface area contributed by atoms with Crippen LogP contribution in [0.3, 0.4) is 0 Å². The number of benzene rings is 1. The number of carbonyl (C=O) groups excluding carboxylic acids is 3. The molecule has 3 N–H and O–H groups in total. The number of methoxy groups -OCH3 is 1. The second-order valence-electron chi connectivity index (χ2n) is 4.74. The van der Waals surface area contributed by atoms with Crippen LogP contribution in [-0.2, 0) is 14.3 Å². The molecular formula is C15H16N2O7. The average Bonchev–Trinajstić information content (AvgIpc) is 2.56. The van der Waals surface area contributed by atoms with Crippen LogP contribution in [0.25, 0.3) is 6.08 Å². The van der Waals surface area contributed by atoms with Crippen LogP contribution in [0.5, 0.6) is 11.5 Å². The maximum absolute atomic E-state index is 12.3. The van der Waals surface area contributed by atoms with Crippen molar-refractivity contribution in [3.8, 4) is 11.5 Å². The molecule has 1 aromatic rings. The van der Waals surface area contributed by atoms with Crippen LogP contribution in [0.1, 0.15) is 5.56 Å². The number of hydrogen-bond acceptors (Lipinski definition) is 7. The number of aliphatic hydroxyl groups is 1. The van der Waals surface area contributed by atoms with E-state index in [0.717, 1.165) is 0 Å². The van der Waals surface area contributed by atoms with E-state index >= 15 is 0 Å². The van der Waals surface area contributed by atoms with Crippen LogP contribution in [0, 0.1) is 0 Å². The molecule has 0 unspecified atom stereocenters. The molecule has 0 bridgehead atoms. The van der Waals surface area contributed by atoms with Crippen molar-refractivity contribution in [3.63, 3.8) is 0 Å². The summed E-state index contributed by atoms with van der Waals surface area (Å²) in [7, 11) is 1.36. The summed E-state index contributed by atoms with van der Waals surface area (Å²) >= 11 is 0. The molecular weight excluding hydrogens is 320 g/mol. The third-order valence-electron chi connectivity index (χ3n) is 3.16. The number of aliphatic hydroxyl groups excluding tert-OH is 1. The van der Waals surface area contributed by atoms with Crippen LogP contribution in [0.4, 0.5) is 4.79 Å². The maximum atomic E-state index is 12.3. The minimum atomic E-state index is -0.900. The molecule has 128 valence electrons. The van der Waals surface area contributed by atoms with E-state index in [1.54, 1.807) is 0 Å². The lowest BCUT2D eigenvalue weighted by molar-refractivity contribution is -0.133. The van der Waals surface area contributed by atoms with Crippen LogP contribution in [-0.4, -0.2) is 60.0 Å². The molecule has 1 saturated heterocycles. The molecule has 1 aliphatic heterocycles. The maximum Gasteiger partial charge on any atom is 0.333 e. The second-order valence-corrected chi connectivity index (χ2v) is 4.74. The highest BCUT2D eigenvalue weighted by molar-refractivity contribution is 6.30. The summed E-state index contributed by atoms with van der Waals surface area (Å²) in [6, 6.07) is 3.37. The standard InChI is InChI=1S/C15H16N2O7/c1-23-12-7-9(2-3-11(12)19)6-10-13(20)16-15(22)17(14(10)21)8-24-5-4-18/h2-3,6-7,18-19H,4-5,8H2,1H3,(H,16,20,22)/b10-6+. The fraction of sp³-hybridized carbons (Fsp3) is 0.267. The Hall–Kier alpha value is -2.91. The van der Waals surface area contributed by atoms with E-state index in [9.17, 15) is 19.5 Å². The minimum absolute atomic E-state index is 0.0563. The van der Waals surface area contributed by atoms with Gasteiger partial charge in [0.15, 0.2) is 11.5 Å². The summed E-state index contributed by atoms with van der Waals surface area (Å²) in [4.78, 5) is 36.6. The summed E-state index contributed by atoms with van der Waals surface area (Å²) in [5.74, 6) is -1.58. The normalized spacial score (nSPS) is 16.5. The van der Waals surface area contributed by atoms with Gasteiger partial charge in [-0.2, -0.15) is 0 Å². The summed E-state index contributed by atoms with van der Waals surface area (Å²) < 4.78 is 9.91. The lowest BCUT2D eigenvalue weighted by Gasteiger charge is -2.25. The quantitative estimate of drug-likeness (QED) is 0.374. The van der Waals surface area contributed by atoms with Crippen LogP contribution >= 0.6 is 0 Å². The highest BCUT2D eigenvalue weighted by atomic mass is 16.5. The molecule has 1 aliphatic rings. The first-order valence-corrected chi connectivity index (χ1v) is 6.92. The van der Waals surface area contributed by atoms with Crippen molar-refractivity contribution >= 4 is 23.9 Å². The van der Waals surface area contributed by atoms with E-state index in [2.05, 4.69) is 0 Å². The highest BCUT2D eigenvalue weighted by Crippen LogP contribution is 2.27. The predicted molar refractivity (Wildman–Crippen MR) is 80.9 cm³/mol. The Labute approximate surface area is 137 Å². The second kappa shape index (κ2) is 7.57. The van der Waals surface area contributed by atoms with Gasteiger partial charge in [0, 0.05) is 0 Å². The number of carbonyl (C=O) groups is 3. The van der Waals surface area contributed by atoms with Gasteiger partial charge in [0.2, 0.25) is 0 Å². The van der Waals surface area contributed by atoms with Gasteiger partial charge in [-0.25, -0.2) is 9.69 Å². The molecule has 24 heavy (non-hydrogen) atoms. The van der Waals surface area contributed by atoms with Crippen molar-refractivity contribution in [3.05, 3.63) is 29.3 Å². The highest BCUT2D eigenvalue weighted by Gasteiger charge is 2.35. The molecule has 0 spiro atoms. The van der Waals surface area contributed by atoms with Crippen molar-refractivity contribution in [2.45, 2.75) is 0 Å². The first-order chi connectivity index (χ1) is 11.5. The van der Waals surface area contributed by atoms with Crippen LogP contribution < -0.4 is 10.1 Å². The van der Waals surface area contributed by atoms with E-state index in [0.29, 0.717) is 10.5 Å². The SMILES string of the molecule is COc1cc(/C=C2\C(=O)NC(=O)N(COCCO)C2=O)ccc1O. The average molecular weight is 336 g/mol. The molecule has 0 atom stereocenters. The zero-order valence-corrected chi connectivity index (χ0v) is 12.8. The van der Waals surface area contributed by atoms with Crippen LogP contribution in [0.15, 0.2) is 23.8 Å². The number of aromatic hydroxyl groups is 1. The summed E-state index contributed by atoms with van der Waals surface area (Å²) in [5.41, 5.74) is 0.156.